The lowest BCUT2D eigenvalue weighted by Crippen LogP contribution is -2.22. The van der Waals surface area contributed by atoms with Crippen molar-refractivity contribution in [1.82, 2.24) is 9.55 Å². The van der Waals surface area contributed by atoms with Gasteiger partial charge in [0.2, 0.25) is 0 Å². The fourth-order valence-corrected chi connectivity index (χ4v) is 3.78. The van der Waals surface area contributed by atoms with E-state index in [1.165, 1.54) is 23.2 Å². The van der Waals surface area contributed by atoms with E-state index in [4.69, 9.17) is 0 Å². The van der Waals surface area contributed by atoms with Crippen molar-refractivity contribution < 1.29 is 4.79 Å². The molecule has 2 aromatic heterocycles. The van der Waals surface area contributed by atoms with Gasteiger partial charge in [-0.2, -0.15) is 0 Å². The summed E-state index contributed by atoms with van der Waals surface area (Å²) in [6.07, 6.45) is 2.48. The second-order valence-corrected chi connectivity index (χ2v) is 7.49. The lowest BCUT2D eigenvalue weighted by molar-refractivity contribution is 0.102. The van der Waals surface area contributed by atoms with Crippen molar-refractivity contribution in [2.45, 2.75) is 40.2 Å². The number of hydrogen-bond acceptors (Lipinski definition) is 4. The summed E-state index contributed by atoms with van der Waals surface area (Å²) in [6.45, 7) is 7.80. The van der Waals surface area contributed by atoms with Gasteiger partial charge in [0.1, 0.15) is 10.2 Å². The summed E-state index contributed by atoms with van der Waals surface area (Å²) in [5, 5.41) is 2.90. The number of fused-ring (bicyclic) bond motifs is 1. The van der Waals surface area contributed by atoms with Crippen LogP contribution in [0, 0.1) is 6.92 Å². The van der Waals surface area contributed by atoms with Crippen LogP contribution in [0.3, 0.4) is 0 Å². The zero-order chi connectivity index (χ0) is 18.1. The molecule has 0 atom stereocenters. The molecule has 0 saturated heterocycles. The van der Waals surface area contributed by atoms with E-state index in [1.807, 2.05) is 45.0 Å². The smallest absolute Gasteiger partial charge is 0.271 e. The topological polar surface area (TPSA) is 64.0 Å². The Balaban J connectivity index is 2.00. The first-order valence-corrected chi connectivity index (χ1v) is 9.14. The van der Waals surface area contributed by atoms with Gasteiger partial charge in [0, 0.05) is 16.6 Å². The highest BCUT2D eigenvalue weighted by atomic mass is 32.1. The van der Waals surface area contributed by atoms with Crippen LogP contribution in [0.4, 0.5) is 5.69 Å². The minimum atomic E-state index is -0.234. The summed E-state index contributed by atoms with van der Waals surface area (Å²) in [5.41, 5.74) is 2.81. The number of carbonyl (C=O) groups excluding carboxylic acids is 1. The van der Waals surface area contributed by atoms with Crippen molar-refractivity contribution in [1.29, 1.82) is 0 Å². The van der Waals surface area contributed by atoms with Crippen LogP contribution in [0.5, 0.6) is 0 Å². The summed E-state index contributed by atoms with van der Waals surface area (Å²) in [5.74, 6) is -0.234. The monoisotopic (exact) mass is 355 g/mol. The maximum absolute atomic E-state index is 12.7. The van der Waals surface area contributed by atoms with E-state index in [1.54, 1.807) is 4.57 Å². The van der Waals surface area contributed by atoms with Crippen LogP contribution in [-0.4, -0.2) is 15.5 Å². The number of amides is 1. The van der Waals surface area contributed by atoms with Crippen molar-refractivity contribution in [2.75, 3.05) is 5.32 Å². The number of nitrogens with zero attached hydrogens (tertiary/aromatic N) is 2. The number of carbonyl (C=O) groups is 1. The van der Waals surface area contributed by atoms with E-state index in [-0.39, 0.29) is 17.5 Å². The van der Waals surface area contributed by atoms with Gasteiger partial charge in [-0.1, -0.05) is 19.1 Å². The summed E-state index contributed by atoms with van der Waals surface area (Å²) < 4.78 is 2.11. The molecule has 25 heavy (non-hydrogen) atoms. The predicted octanol–water partition coefficient (Wildman–Crippen LogP) is 4.16. The number of anilines is 1. The van der Waals surface area contributed by atoms with Gasteiger partial charge in [0.15, 0.2) is 0 Å². The largest absolute Gasteiger partial charge is 0.322 e. The number of aromatic nitrogens is 2. The lowest BCUT2D eigenvalue weighted by atomic mass is 10.1. The Morgan fingerprint density at radius 3 is 2.56 bits per heavy atom. The van der Waals surface area contributed by atoms with Gasteiger partial charge in [-0.05, 0) is 44.9 Å². The van der Waals surface area contributed by atoms with E-state index in [2.05, 4.69) is 17.2 Å². The Labute approximate surface area is 150 Å². The molecule has 1 amide bonds. The molecule has 6 heteroatoms. The SMILES string of the molecule is CCc1ccc(NC(=O)c2c(C)sc3c(=O)n(C(C)C)cnc23)cc1. The lowest BCUT2D eigenvalue weighted by Gasteiger charge is -2.09. The van der Waals surface area contributed by atoms with E-state index in [9.17, 15) is 9.59 Å². The van der Waals surface area contributed by atoms with E-state index in [0.29, 0.717) is 15.8 Å². The van der Waals surface area contributed by atoms with Crippen LogP contribution < -0.4 is 10.9 Å². The van der Waals surface area contributed by atoms with Crippen molar-refractivity contribution in [2.24, 2.45) is 0 Å². The van der Waals surface area contributed by atoms with Gasteiger partial charge in [-0.3, -0.25) is 14.2 Å². The van der Waals surface area contributed by atoms with Crippen molar-refractivity contribution in [3.05, 3.63) is 57.0 Å². The third kappa shape index (κ3) is 3.22. The molecule has 0 fully saturated rings. The summed E-state index contributed by atoms with van der Waals surface area (Å²) in [6, 6.07) is 7.79. The second-order valence-electron chi connectivity index (χ2n) is 6.27. The van der Waals surface area contributed by atoms with Crippen LogP contribution in [0.2, 0.25) is 0 Å². The molecule has 5 nitrogen and oxygen atoms in total. The molecule has 3 rings (SSSR count). The van der Waals surface area contributed by atoms with Gasteiger partial charge in [-0.25, -0.2) is 4.98 Å². The molecule has 0 radical (unpaired) electrons. The minimum absolute atomic E-state index is 0.0289. The molecule has 0 unspecified atom stereocenters. The molecule has 0 aliphatic rings. The number of aryl methyl sites for hydroxylation is 2. The Morgan fingerprint density at radius 1 is 1.28 bits per heavy atom. The quantitative estimate of drug-likeness (QED) is 0.764. The van der Waals surface area contributed by atoms with E-state index >= 15 is 0 Å². The standard InChI is InChI=1S/C19H21N3O2S/c1-5-13-6-8-14(9-7-13)21-18(23)15-12(4)25-17-16(15)20-10-22(11(2)3)19(17)24/h6-11H,5H2,1-4H3,(H,21,23). The van der Waals surface area contributed by atoms with Crippen LogP contribution in [-0.2, 0) is 6.42 Å². The molecule has 0 spiro atoms. The summed E-state index contributed by atoms with van der Waals surface area (Å²) >= 11 is 1.33. The van der Waals surface area contributed by atoms with Gasteiger partial charge in [-0.15, -0.1) is 11.3 Å². The number of thiophene rings is 1. The predicted molar refractivity (Wildman–Crippen MR) is 103 cm³/mol. The average molecular weight is 355 g/mol. The van der Waals surface area contributed by atoms with Gasteiger partial charge >= 0.3 is 0 Å². The van der Waals surface area contributed by atoms with Gasteiger partial charge in [0.25, 0.3) is 11.5 Å². The van der Waals surface area contributed by atoms with E-state index in [0.717, 1.165) is 17.0 Å². The first kappa shape index (κ1) is 17.4. The Morgan fingerprint density at radius 2 is 1.96 bits per heavy atom. The van der Waals surface area contributed by atoms with Crippen LogP contribution >= 0.6 is 11.3 Å². The summed E-state index contributed by atoms with van der Waals surface area (Å²) in [7, 11) is 0. The molecule has 0 bridgehead atoms. The number of rotatable bonds is 4. The maximum atomic E-state index is 12.7. The normalized spacial score (nSPS) is 11.2. The fraction of sp³-hybridized carbons (Fsp3) is 0.316. The highest BCUT2D eigenvalue weighted by Crippen LogP contribution is 2.28. The molecular formula is C19H21N3O2S. The minimum Gasteiger partial charge on any atom is -0.322 e. The van der Waals surface area contributed by atoms with Gasteiger partial charge in [0.05, 0.1) is 11.9 Å². The molecule has 1 aromatic carbocycles. The molecule has 0 saturated carbocycles. The first-order chi connectivity index (χ1) is 11.9. The molecule has 0 aliphatic carbocycles. The first-order valence-electron chi connectivity index (χ1n) is 8.33. The van der Waals surface area contributed by atoms with Crippen LogP contribution in [0.1, 0.15) is 47.6 Å². The third-order valence-corrected chi connectivity index (χ3v) is 5.28. The zero-order valence-electron chi connectivity index (χ0n) is 14.8. The zero-order valence-corrected chi connectivity index (χ0v) is 15.6. The average Bonchev–Trinajstić information content (AvgIpc) is 2.92. The number of hydrogen-bond donors (Lipinski definition) is 1. The Bertz CT molecular complexity index is 984. The highest BCUT2D eigenvalue weighted by molar-refractivity contribution is 7.19. The number of benzene rings is 1. The van der Waals surface area contributed by atoms with Crippen molar-refractivity contribution >= 4 is 33.1 Å². The highest BCUT2D eigenvalue weighted by Gasteiger charge is 2.21. The number of nitrogens with one attached hydrogen (secondary N) is 1. The fourth-order valence-electron chi connectivity index (χ4n) is 2.74. The second kappa shape index (κ2) is 6.80. The van der Waals surface area contributed by atoms with Crippen molar-refractivity contribution in [3.8, 4) is 0 Å². The van der Waals surface area contributed by atoms with E-state index < -0.39 is 0 Å². The molecule has 130 valence electrons. The Kier molecular flexibility index (Phi) is 4.72. The van der Waals surface area contributed by atoms with Gasteiger partial charge < -0.3 is 5.32 Å². The molecule has 2 heterocycles. The molecule has 3 aromatic rings. The third-order valence-electron chi connectivity index (χ3n) is 4.20. The molecule has 0 aliphatic heterocycles. The van der Waals surface area contributed by atoms with Crippen LogP contribution in [0.15, 0.2) is 35.4 Å². The molecule has 1 N–H and O–H groups in total. The molecular weight excluding hydrogens is 334 g/mol. The van der Waals surface area contributed by atoms with Crippen molar-refractivity contribution in [3.63, 3.8) is 0 Å². The summed E-state index contributed by atoms with van der Waals surface area (Å²) in [4.78, 5) is 30.5. The van der Waals surface area contributed by atoms with Crippen LogP contribution in [0.25, 0.3) is 10.2 Å². The maximum Gasteiger partial charge on any atom is 0.271 e. The Hall–Kier alpha value is -2.47.